The second-order valence-electron chi connectivity index (χ2n) is 4.34. The van der Waals surface area contributed by atoms with Gasteiger partial charge >= 0.3 is 0 Å². The van der Waals surface area contributed by atoms with Crippen molar-refractivity contribution in [2.24, 2.45) is 0 Å². The van der Waals surface area contributed by atoms with E-state index in [-0.39, 0.29) is 17.9 Å². The molecule has 0 aliphatic carbocycles. The van der Waals surface area contributed by atoms with E-state index in [1.165, 1.54) is 0 Å². The van der Waals surface area contributed by atoms with Gasteiger partial charge in [0.15, 0.2) is 0 Å². The van der Waals surface area contributed by atoms with E-state index in [0.29, 0.717) is 29.4 Å². The Kier molecular flexibility index (Phi) is 3.61. The number of nitrogens with one attached hydrogen (secondary N) is 1. The van der Waals surface area contributed by atoms with Crippen molar-refractivity contribution in [3.05, 3.63) is 33.8 Å². The lowest BCUT2D eigenvalue weighted by atomic mass is 9.77. The summed E-state index contributed by atoms with van der Waals surface area (Å²) in [5.74, 6) is 0.00419. The Balaban J connectivity index is 2.39. The number of aliphatic hydroxyl groups is 1. The van der Waals surface area contributed by atoms with Crippen molar-refractivity contribution in [1.29, 1.82) is 0 Å². The number of benzene rings is 1. The summed E-state index contributed by atoms with van der Waals surface area (Å²) in [5.41, 5.74) is 0.583. The summed E-state index contributed by atoms with van der Waals surface area (Å²) < 4.78 is 0. The van der Waals surface area contributed by atoms with Gasteiger partial charge in [-0.15, -0.1) is 0 Å². The highest BCUT2D eigenvalue weighted by Crippen LogP contribution is 2.37. The molecule has 5 heteroatoms. The van der Waals surface area contributed by atoms with E-state index in [1.54, 1.807) is 12.1 Å². The topological polar surface area (TPSA) is 49.3 Å². The van der Waals surface area contributed by atoms with Crippen LogP contribution in [0.3, 0.4) is 0 Å². The minimum absolute atomic E-state index is 0.00419. The van der Waals surface area contributed by atoms with Crippen molar-refractivity contribution in [2.75, 3.05) is 13.2 Å². The van der Waals surface area contributed by atoms with Crippen LogP contribution in [-0.4, -0.2) is 24.2 Å². The Morgan fingerprint density at radius 3 is 2.65 bits per heavy atom. The smallest absolute Gasteiger partial charge is 0.220 e. The van der Waals surface area contributed by atoms with Gasteiger partial charge in [0.1, 0.15) is 0 Å². The predicted molar refractivity (Wildman–Crippen MR) is 67.5 cm³/mol. The highest BCUT2D eigenvalue weighted by Gasteiger charge is 2.39. The third-order valence-electron chi connectivity index (χ3n) is 3.25. The molecule has 0 bridgehead atoms. The Morgan fingerprint density at radius 2 is 2.12 bits per heavy atom. The summed E-state index contributed by atoms with van der Waals surface area (Å²) in [7, 11) is 0. The van der Waals surface area contributed by atoms with Gasteiger partial charge in [0.25, 0.3) is 0 Å². The molecule has 1 amide bonds. The van der Waals surface area contributed by atoms with Crippen LogP contribution in [0.25, 0.3) is 0 Å². The summed E-state index contributed by atoms with van der Waals surface area (Å²) in [4.78, 5) is 11.4. The number of carbonyl (C=O) groups excluding carboxylic acids is 1. The number of hydrogen-bond donors (Lipinski definition) is 2. The zero-order valence-corrected chi connectivity index (χ0v) is 10.7. The second-order valence-corrected chi connectivity index (χ2v) is 5.15. The summed E-state index contributed by atoms with van der Waals surface area (Å²) in [5, 5.41) is 12.9. The molecule has 1 fully saturated rings. The number of hydrogen-bond acceptors (Lipinski definition) is 2. The SMILES string of the molecule is O=C1CC(CCO)(c2ccc(Cl)c(Cl)c2)CN1. The molecule has 1 heterocycles. The fourth-order valence-electron chi connectivity index (χ4n) is 2.27. The quantitative estimate of drug-likeness (QED) is 0.887. The first-order valence-corrected chi connectivity index (χ1v) is 6.16. The van der Waals surface area contributed by atoms with E-state index in [2.05, 4.69) is 5.32 Å². The molecule has 2 N–H and O–H groups in total. The second kappa shape index (κ2) is 4.84. The van der Waals surface area contributed by atoms with E-state index in [4.69, 9.17) is 28.3 Å². The lowest BCUT2D eigenvalue weighted by Gasteiger charge is -2.27. The van der Waals surface area contributed by atoms with Gasteiger partial charge in [-0.25, -0.2) is 0 Å². The molecule has 1 unspecified atom stereocenters. The van der Waals surface area contributed by atoms with Gasteiger partial charge in [-0.2, -0.15) is 0 Å². The number of amides is 1. The molecule has 1 saturated heterocycles. The number of carbonyl (C=O) groups is 1. The maximum atomic E-state index is 11.4. The first-order valence-electron chi connectivity index (χ1n) is 5.40. The number of aliphatic hydroxyl groups excluding tert-OH is 1. The summed E-state index contributed by atoms with van der Waals surface area (Å²) in [6.07, 6.45) is 0.912. The third-order valence-corrected chi connectivity index (χ3v) is 3.98. The Bertz CT molecular complexity index is 450. The maximum absolute atomic E-state index is 11.4. The standard InChI is InChI=1S/C12H13Cl2NO2/c13-9-2-1-8(5-10(9)14)12(3-4-16)6-11(17)15-7-12/h1-2,5,16H,3-4,6-7H2,(H,15,17). The van der Waals surface area contributed by atoms with Crippen LogP contribution in [0.5, 0.6) is 0 Å². The van der Waals surface area contributed by atoms with E-state index in [1.807, 2.05) is 6.07 Å². The summed E-state index contributed by atoms with van der Waals surface area (Å²) in [6.45, 7) is 0.569. The molecule has 0 radical (unpaired) electrons. The molecular weight excluding hydrogens is 261 g/mol. The first-order chi connectivity index (χ1) is 8.07. The number of halogens is 2. The van der Waals surface area contributed by atoms with Gasteiger partial charge in [0, 0.05) is 25.0 Å². The summed E-state index contributed by atoms with van der Waals surface area (Å²) in [6, 6.07) is 5.37. The molecule has 17 heavy (non-hydrogen) atoms. The zero-order valence-electron chi connectivity index (χ0n) is 9.17. The van der Waals surface area contributed by atoms with Crippen LogP contribution < -0.4 is 5.32 Å². The highest BCUT2D eigenvalue weighted by molar-refractivity contribution is 6.42. The van der Waals surface area contributed by atoms with Crippen LogP contribution in [-0.2, 0) is 10.2 Å². The predicted octanol–water partition coefficient (Wildman–Crippen LogP) is 2.13. The minimum atomic E-state index is -0.361. The average molecular weight is 274 g/mol. The first kappa shape index (κ1) is 12.7. The van der Waals surface area contributed by atoms with Crippen molar-refractivity contribution < 1.29 is 9.90 Å². The molecule has 0 saturated carbocycles. The molecule has 0 aromatic heterocycles. The van der Waals surface area contributed by atoms with Gasteiger partial charge < -0.3 is 10.4 Å². The molecule has 1 atom stereocenters. The molecular formula is C12H13Cl2NO2. The van der Waals surface area contributed by atoms with Crippen molar-refractivity contribution >= 4 is 29.1 Å². The van der Waals surface area contributed by atoms with Gasteiger partial charge in [-0.3, -0.25) is 4.79 Å². The number of rotatable bonds is 3. The third kappa shape index (κ3) is 2.41. The Morgan fingerprint density at radius 1 is 1.35 bits per heavy atom. The summed E-state index contributed by atoms with van der Waals surface area (Å²) >= 11 is 11.9. The van der Waals surface area contributed by atoms with Crippen molar-refractivity contribution in [3.63, 3.8) is 0 Å². The van der Waals surface area contributed by atoms with Crippen LogP contribution >= 0.6 is 23.2 Å². The van der Waals surface area contributed by atoms with Gasteiger partial charge in [-0.1, -0.05) is 29.3 Å². The monoisotopic (exact) mass is 273 g/mol. The Labute approximate surface area is 110 Å². The van der Waals surface area contributed by atoms with Crippen molar-refractivity contribution in [3.8, 4) is 0 Å². The van der Waals surface area contributed by atoms with Crippen LogP contribution in [0.2, 0.25) is 10.0 Å². The molecule has 2 rings (SSSR count). The molecule has 3 nitrogen and oxygen atoms in total. The average Bonchev–Trinajstić information content (AvgIpc) is 2.66. The molecule has 1 aliphatic rings. The van der Waals surface area contributed by atoms with Gasteiger partial charge in [-0.05, 0) is 24.1 Å². The fraction of sp³-hybridized carbons (Fsp3) is 0.417. The van der Waals surface area contributed by atoms with Crippen molar-refractivity contribution in [1.82, 2.24) is 5.32 Å². The highest BCUT2D eigenvalue weighted by atomic mass is 35.5. The van der Waals surface area contributed by atoms with Crippen LogP contribution in [0.1, 0.15) is 18.4 Å². The molecule has 1 aliphatic heterocycles. The fourth-order valence-corrected chi connectivity index (χ4v) is 2.56. The normalized spacial score (nSPS) is 23.8. The van der Waals surface area contributed by atoms with Gasteiger partial charge in [0.05, 0.1) is 10.0 Å². The largest absolute Gasteiger partial charge is 0.396 e. The van der Waals surface area contributed by atoms with E-state index in [0.717, 1.165) is 5.56 Å². The molecule has 0 spiro atoms. The van der Waals surface area contributed by atoms with E-state index < -0.39 is 0 Å². The van der Waals surface area contributed by atoms with Crippen molar-refractivity contribution in [2.45, 2.75) is 18.3 Å². The molecule has 92 valence electrons. The zero-order chi connectivity index (χ0) is 12.5. The van der Waals surface area contributed by atoms with Crippen LogP contribution in [0.4, 0.5) is 0 Å². The lowest BCUT2D eigenvalue weighted by molar-refractivity contribution is -0.119. The van der Waals surface area contributed by atoms with Gasteiger partial charge in [0.2, 0.25) is 5.91 Å². The van der Waals surface area contributed by atoms with Crippen LogP contribution in [0, 0.1) is 0 Å². The minimum Gasteiger partial charge on any atom is -0.396 e. The molecule has 1 aromatic carbocycles. The molecule has 1 aromatic rings. The lowest BCUT2D eigenvalue weighted by Crippen LogP contribution is -2.30. The maximum Gasteiger partial charge on any atom is 0.220 e. The van der Waals surface area contributed by atoms with Crippen LogP contribution in [0.15, 0.2) is 18.2 Å². The Hall–Kier alpha value is -0.770. The van der Waals surface area contributed by atoms with E-state index >= 15 is 0 Å². The van der Waals surface area contributed by atoms with E-state index in [9.17, 15) is 4.79 Å².